The van der Waals surface area contributed by atoms with Gasteiger partial charge in [-0.05, 0) is 50.1 Å². The number of methoxy groups -OCH3 is 1. The Labute approximate surface area is 145 Å². The highest BCUT2D eigenvalue weighted by molar-refractivity contribution is 9.11. The van der Waals surface area contributed by atoms with Crippen molar-refractivity contribution >= 4 is 65.4 Å². The zero-order valence-corrected chi connectivity index (χ0v) is 15.3. The molecule has 1 aromatic heterocycles. The Morgan fingerprint density at radius 1 is 1.19 bits per heavy atom. The predicted octanol–water partition coefficient (Wildman–Crippen LogP) is 4.61. The second-order valence-corrected chi connectivity index (χ2v) is 6.35. The Morgan fingerprint density at radius 2 is 1.90 bits per heavy atom. The van der Waals surface area contributed by atoms with Crippen molar-refractivity contribution in [3.8, 4) is 0 Å². The zero-order valence-electron chi connectivity index (χ0n) is 10.6. The maximum absolute atomic E-state index is 12.2. The standard InChI is InChI=1S/C13H8Br3NO4/c1-20-13(19)8-4-6(14)5-9(15)10(8)17-12(18)7-2-3-21-11(7)16/h2-5H,1H3,(H,17,18). The smallest absolute Gasteiger partial charge is 0.340 e. The zero-order chi connectivity index (χ0) is 15.6. The van der Waals surface area contributed by atoms with Crippen molar-refractivity contribution in [1.29, 1.82) is 0 Å². The van der Waals surface area contributed by atoms with E-state index in [0.29, 0.717) is 24.9 Å². The van der Waals surface area contributed by atoms with Crippen LogP contribution in [0.25, 0.3) is 0 Å². The van der Waals surface area contributed by atoms with Gasteiger partial charge in [-0.15, -0.1) is 0 Å². The average molecular weight is 482 g/mol. The highest BCUT2D eigenvalue weighted by Gasteiger charge is 2.20. The molecule has 1 heterocycles. The van der Waals surface area contributed by atoms with E-state index in [-0.39, 0.29) is 5.56 Å². The summed E-state index contributed by atoms with van der Waals surface area (Å²) in [6, 6.07) is 4.80. The van der Waals surface area contributed by atoms with Gasteiger partial charge in [0, 0.05) is 8.95 Å². The van der Waals surface area contributed by atoms with Gasteiger partial charge < -0.3 is 14.5 Å². The number of furan rings is 1. The van der Waals surface area contributed by atoms with Crippen LogP contribution in [-0.4, -0.2) is 19.0 Å². The summed E-state index contributed by atoms with van der Waals surface area (Å²) in [5.41, 5.74) is 0.871. The Bertz CT molecular complexity index is 711. The third-order valence-corrected chi connectivity index (χ3v) is 4.26. The SMILES string of the molecule is COC(=O)c1cc(Br)cc(Br)c1NC(=O)c1ccoc1Br. The second-order valence-electron chi connectivity index (χ2n) is 3.86. The second kappa shape index (κ2) is 6.76. The fraction of sp³-hybridized carbons (Fsp3) is 0.0769. The summed E-state index contributed by atoms with van der Waals surface area (Å²) in [7, 11) is 1.27. The molecule has 0 bridgehead atoms. The van der Waals surface area contributed by atoms with Crippen molar-refractivity contribution in [1.82, 2.24) is 0 Å². The van der Waals surface area contributed by atoms with Crippen LogP contribution in [0.5, 0.6) is 0 Å². The maximum atomic E-state index is 12.2. The molecule has 21 heavy (non-hydrogen) atoms. The summed E-state index contributed by atoms with van der Waals surface area (Å²) in [5.74, 6) is -0.970. The molecule has 0 saturated carbocycles. The molecule has 0 aliphatic carbocycles. The number of ether oxygens (including phenoxy) is 1. The van der Waals surface area contributed by atoms with Gasteiger partial charge in [0.1, 0.15) is 0 Å². The van der Waals surface area contributed by atoms with Crippen LogP contribution in [0.1, 0.15) is 20.7 Å². The number of carbonyl (C=O) groups excluding carboxylic acids is 2. The summed E-state index contributed by atoms with van der Waals surface area (Å²) < 4.78 is 11.3. The van der Waals surface area contributed by atoms with E-state index in [4.69, 9.17) is 9.15 Å². The fourth-order valence-electron chi connectivity index (χ4n) is 1.61. The number of hydrogen-bond donors (Lipinski definition) is 1. The average Bonchev–Trinajstić information content (AvgIpc) is 2.86. The van der Waals surface area contributed by atoms with E-state index in [9.17, 15) is 9.59 Å². The molecule has 1 aromatic carbocycles. The predicted molar refractivity (Wildman–Crippen MR) is 87.5 cm³/mol. The van der Waals surface area contributed by atoms with Crippen molar-refractivity contribution in [2.24, 2.45) is 0 Å². The van der Waals surface area contributed by atoms with Crippen LogP contribution in [0.15, 0.2) is 42.5 Å². The number of halogens is 3. The van der Waals surface area contributed by atoms with Gasteiger partial charge in [0.05, 0.1) is 30.2 Å². The Kier molecular flexibility index (Phi) is 5.23. The number of rotatable bonds is 3. The van der Waals surface area contributed by atoms with Crippen LogP contribution in [-0.2, 0) is 4.74 Å². The minimum atomic E-state index is -0.557. The molecule has 1 amide bonds. The van der Waals surface area contributed by atoms with Gasteiger partial charge >= 0.3 is 5.97 Å². The number of benzene rings is 1. The number of anilines is 1. The molecule has 0 aliphatic rings. The Morgan fingerprint density at radius 3 is 2.48 bits per heavy atom. The van der Waals surface area contributed by atoms with Gasteiger partial charge in [-0.2, -0.15) is 0 Å². The minimum Gasteiger partial charge on any atom is -0.465 e. The van der Waals surface area contributed by atoms with Crippen molar-refractivity contribution in [3.05, 3.63) is 49.2 Å². The minimum absolute atomic E-state index is 0.228. The van der Waals surface area contributed by atoms with E-state index in [1.807, 2.05) is 0 Å². The van der Waals surface area contributed by atoms with E-state index in [0.717, 1.165) is 0 Å². The molecule has 2 rings (SSSR count). The lowest BCUT2D eigenvalue weighted by Gasteiger charge is -2.12. The highest BCUT2D eigenvalue weighted by atomic mass is 79.9. The third kappa shape index (κ3) is 3.56. The third-order valence-electron chi connectivity index (χ3n) is 2.56. The van der Waals surface area contributed by atoms with Gasteiger partial charge in [-0.3, -0.25) is 4.79 Å². The van der Waals surface area contributed by atoms with E-state index < -0.39 is 11.9 Å². The summed E-state index contributed by atoms with van der Waals surface area (Å²) >= 11 is 9.74. The topological polar surface area (TPSA) is 68.5 Å². The molecule has 0 fully saturated rings. The maximum Gasteiger partial charge on any atom is 0.340 e. The number of nitrogens with one attached hydrogen (secondary N) is 1. The molecule has 0 unspecified atom stereocenters. The molecule has 0 saturated heterocycles. The van der Waals surface area contributed by atoms with Gasteiger partial charge in [-0.1, -0.05) is 15.9 Å². The number of hydrogen-bond acceptors (Lipinski definition) is 4. The molecule has 0 atom stereocenters. The molecule has 8 heteroatoms. The normalized spacial score (nSPS) is 10.3. The lowest BCUT2D eigenvalue weighted by atomic mass is 10.1. The van der Waals surface area contributed by atoms with Gasteiger partial charge in [-0.25, -0.2) is 4.79 Å². The Hall–Kier alpha value is -1.12. The van der Waals surface area contributed by atoms with E-state index in [1.54, 1.807) is 12.1 Å². The van der Waals surface area contributed by atoms with E-state index >= 15 is 0 Å². The molecular formula is C13H8Br3NO4. The fourth-order valence-corrected chi connectivity index (χ4v) is 3.35. The number of amides is 1. The van der Waals surface area contributed by atoms with E-state index in [2.05, 4.69) is 53.1 Å². The largest absolute Gasteiger partial charge is 0.465 e. The van der Waals surface area contributed by atoms with Gasteiger partial charge in [0.25, 0.3) is 5.91 Å². The first-order valence-corrected chi connectivity index (χ1v) is 7.93. The lowest BCUT2D eigenvalue weighted by molar-refractivity contribution is 0.0602. The first-order chi connectivity index (χ1) is 9.93. The molecule has 0 aliphatic heterocycles. The van der Waals surface area contributed by atoms with Crippen molar-refractivity contribution in [3.63, 3.8) is 0 Å². The van der Waals surface area contributed by atoms with Crippen LogP contribution in [0.3, 0.4) is 0 Å². The number of esters is 1. The van der Waals surface area contributed by atoms with Crippen LogP contribution in [0, 0.1) is 0 Å². The van der Waals surface area contributed by atoms with Crippen LogP contribution >= 0.6 is 47.8 Å². The quantitative estimate of drug-likeness (QED) is 0.650. The summed E-state index contributed by atoms with van der Waals surface area (Å²) in [5, 5.41) is 2.67. The van der Waals surface area contributed by atoms with Crippen LogP contribution in [0.2, 0.25) is 0 Å². The van der Waals surface area contributed by atoms with Crippen molar-refractivity contribution in [2.45, 2.75) is 0 Å². The summed E-state index contributed by atoms with van der Waals surface area (Å²) in [6.45, 7) is 0. The van der Waals surface area contributed by atoms with Crippen molar-refractivity contribution < 1.29 is 18.7 Å². The molecule has 110 valence electrons. The van der Waals surface area contributed by atoms with Crippen LogP contribution < -0.4 is 5.32 Å². The van der Waals surface area contributed by atoms with E-state index in [1.165, 1.54) is 19.4 Å². The molecule has 0 radical (unpaired) electrons. The molecule has 0 spiro atoms. The molecule has 5 nitrogen and oxygen atoms in total. The Balaban J connectivity index is 2.42. The molecule has 1 N–H and O–H groups in total. The summed E-state index contributed by atoms with van der Waals surface area (Å²) in [6.07, 6.45) is 1.39. The molecular weight excluding hydrogens is 474 g/mol. The van der Waals surface area contributed by atoms with Gasteiger partial charge in [0.2, 0.25) is 0 Å². The molecule has 2 aromatic rings. The monoisotopic (exact) mass is 479 g/mol. The van der Waals surface area contributed by atoms with Gasteiger partial charge in [0.15, 0.2) is 4.67 Å². The lowest BCUT2D eigenvalue weighted by Crippen LogP contribution is -2.16. The van der Waals surface area contributed by atoms with Crippen molar-refractivity contribution in [2.75, 3.05) is 12.4 Å². The van der Waals surface area contributed by atoms with Crippen LogP contribution in [0.4, 0.5) is 5.69 Å². The number of carbonyl (C=O) groups is 2. The first kappa shape index (κ1) is 16.3. The first-order valence-electron chi connectivity index (χ1n) is 5.55. The highest BCUT2D eigenvalue weighted by Crippen LogP contribution is 2.32. The summed E-state index contributed by atoms with van der Waals surface area (Å²) in [4.78, 5) is 24.0.